The molecule has 88 valence electrons. The molecule has 0 saturated carbocycles. The van der Waals surface area contributed by atoms with E-state index in [4.69, 9.17) is 23.2 Å². The van der Waals surface area contributed by atoms with E-state index >= 15 is 0 Å². The molecule has 6 heteroatoms. The Bertz CT molecular complexity index is 553. The number of benzene rings is 1. The average Bonchev–Trinajstić information content (AvgIpc) is 2.81. The minimum atomic E-state index is -0.514. The lowest BCUT2D eigenvalue weighted by molar-refractivity contribution is 0.0601. The minimum Gasteiger partial charge on any atom is -0.465 e. The van der Waals surface area contributed by atoms with Gasteiger partial charge in [0.05, 0.1) is 28.4 Å². The molecule has 1 aromatic heterocycles. The van der Waals surface area contributed by atoms with Crippen LogP contribution in [0.3, 0.4) is 0 Å². The maximum Gasteiger partial charge on any atom is 0.339 e. The van der Waals surface area contributed by atoms with Gasteiger partial charge >= 0.3 is 5.97 Å². The predicted molar refractivity (Wildman–Crippen MR) is 64.9 cm³/mol. The number of methoxy groups -OCH3 is 1. The zero-order valence-electron chi connectivity index (χ0n) is 8.85. The lowest BCUT2D eigenvalue weighted by Gasteiger charge is -2.08. The molecule has 2 aromatic rings. The molecule has 0 atom stereocenters. The summed E-state index contributed by atoms with van der Waals surface area (Å²) in [6.45, 7) is 0. The van der Waals surface area contributed by atoms with Crippen molar-refractivity contribution >= 4 is 29.2 Å². The van der Waals surface area contributed by atoms with Crippen LogP contribution < -0.4 is 0 Å². The second-order valence-corrected chi connectivity index (χ2v) is 4.04. The first-order valence-electron chi connectivity index (χ1n) is 4.71. The quantitative estimate of drug-likeness (QED) is 0.789. The zero-order chi connectivity index (χ0) is 12.4. The first kappa shape index (κ1) is 12.0. The fourth-order valence-corrected chi connectivity index (χ4v) is 1.94. The second kappa shape index (κ2) is 4.77. The number of nitrogens with zero attached hydrogens (tertiary/aromatic N) is 2. The maximum absolute atomic E-state index is 11.5. The lowest BCUT2D eigenvalue weighted by Crippen LogP contribution is -2.05. The van der Waals surface area contributed by atoms with Crippen LogP contribution in [0.2, 0.25) is 10.0 Å². The Morgan fingerprint density at radius 1 is 1.35 bits per heavy atom. The number of ether oxygens (including phenoxy) is 1. The number of hydrogen-bond acceptors (Lipinski definition) is 3. The van der Waals surface area contributed by atoms with Gasteiger partial charge in [-0.1, -0.05) is 23.2 Å². The number of esters is 1. The van der Waals surface area contributed by atoms with Crippen LogP contribution in [0.15, 0.2) is 30.6 Å². The molecule has 0 aliphatic rings. The van der Waals surface area contributed by atoms with Crippen molar-refractivity contribution in [3.63, 3.8) is 0 Å². The Balaban J connectivity index is 2.58. The molecule has 1 aromatic carbocycles. The van der Waals surface area contributed by atoms with Crippen LogP contribution in [0.25, 0.3) is 5.69 Å². The van der Waals surface area contributed by atoms with E-state index in [1.165, 1.54) is 13.2 Å². The molecule has 0 fully saturated rings. The Morgan fingerprint density at radius 2 is 2.12 bits per heavy atom. The summed E-state index contributed by atoms with van der Waals surface area (Å²) in [5, 5.41) is 4.70. The van der Waals surface area contributed by atoms with E-state index < -0.39 is 5.97 Å². The number of hydrogen-bond donors (Lipinski definition) is 0. The van der Waals surface area contributed by atoms with Gasteiger partial charge in [-0.05, 0) is 18.2 Å². The third-order valence-corrected chi connectivity index (χ3v) is 2.81. The Morgan fingerprint density at radius 3 is 2.71 bits per heavy atom. The van der Waals surface area contributed by atoms with Crippen LogP contribution >= 0.6 is 23.2 Å². The highest BCUT2D eigenvalue weighted by Gasteiger charge is 2.15. The summed E-state index contributed by atoms with van der Waals surface area (Å²) in [7, 11) is 1.29. The molecular formula is C11H8Cl2N2O2. The normalized spacial score (nSPS) is 10.3. The van der Waals surface area contributed by atoms with Gasteiger partial charge in [-0.2, -0.15) is 5.10 Å². The average molecular weight is 271 g/mol. The highest BCUT2D eigenvalue weighted by atomic mass is 35.5. The number of aromatic nitrogens is 2. The van der Waals surface area contributed by atoms with E-state index in [1.807, 2.05) is 0 Å². The molecule has 0 N–H and O–H groups in total. The molecule has 4 nitrogen and oxygen atoms in total. The van der Waals surface area contributed by atoms with Crippen molar-refractivity contribution in [2.24, 2.45) is 0 Å². The van der Waals surface area contributed by atoms with E-state index in [0.29, 0.717) is 10.7 Å². The topological polar surface area (TPSA) is 44.1 Å². The summed E-state index contributed by atoms with van der Waals surface area (Å²) in [6.07, 6.45) is 3.33. The third-order valence-electron chi connectivity index (χ3n) is 2.19. The SMILES string of the molecule is COC(=O)c1cc(-n2cccn2)c(Cl)cc1Cl. The molecule has 0 aliphatic carbocycles. The lowest BCUT2D eigenvalue weighted by atomic mass is 10.2. The van der Waals surface area contributed by atoms with Gasteiger partial charge in [0, 0.05) is 12.4 Å². The van der Waals surface area contributed by atoms with E-state index in [-0.39, 0.29) is 10.6 Å². The second-order valence-electron chi connectivity index (χ2n) is 3.23. The van der Waals surface area contributed by atoms with Crippen LogP contribution in [0, 0.1) is 0 Å². The van der Waals surface area contributed by atoms with Crippen molar-refractivity contribution in [3.05, 3.63) is 46.2 Å². The number of rotatable bonds is 2. The van der Waals surface area contributed by atoms with Gasteiger partial charge in [-0.25, -0.2) is 9.48 Å². The Kier molecular flexibility index (Phi) is 3.36. The molecular weight excluding hydrogens is 263 g/mol. The van der Waals surface area contributed by atoms with Gasteiger partial charge in [0.1, 0.15) is 0 Å². The Labute approximate surface area is 108 Å². The first-order chi connectivity index (χ1) is 8.13. The highest BCUT2D eigenvalue weighted by Crippen LogP contribution is 2.28. The van der Waals surface area contributed by atoms with Crippen LogP contribution in [-0.4, -0.2) is 22.9 Å². The van der Waals surface area contributed by atoms with Gasteiger partial charge in [0.15, 0.2) is 0 Å². The molecule has 17 heavy (non-hydrogen) atoms. The van der Waals surface area contributed by atoms with Crippen LogP contribution in [0.1, 0.15) is 10.4 Å². The molecule has 0 amide bonds. The molecule has 0 radical (unpaired) electrons. The summed E-state index contributed by atoms with van der Waals surface area (Å²) in [5.74, 6) is -0.514. The molecule has 1 heterocycles. The van der Waals surface area contributed by atoms with E-state index in [0.717, 1.165) is 0 Å². The standard InChI is InChI=1S/C11H8Cl2N2O2/c1-17-11(16)7-5-10(9(13)6-8(7)12)15-4-2-3-14-15/h2-6H,1H3. The van der Waals surface area contributed by atoms with Crippen LogP contribution in [0.5, 0.6) is 0 Å². The molecule has 0 spiro atoms. The predicted octanol–water partition coefficient (Wildman–Crippen LogP) is 2.97. The fourth-order valence-electron chi connectivity index (χ4n) is 1.39. The van der Waals surface area contributed by atoms with E-state index in [2.05, 4.69) is 9.84 Å². The van der Waals surface area contributed by atoms with E-state index in [1.54, 1.807) is 29.2 Å². The van der Waals surface area contributed by atoms with Gasteiger partial charge < -0.3 is 4.74 Å². The largest absolute Gasteiger partial charge is 0.465 e. The van der Waals surface area contributed by atoms with Crippen molar-refractivity contribution in [3.8, 4) is 5.69 Å². The van der Waals surface area contributed by atoms with Crippen molar-refractivity contribution in [2.75, 3.05) is 7.11 Å². The van der Waals surface area contributed by atoms with Gasteiger partial charge in [-0.15, -0.1) is 0 Å². The van der Waals surface area contributed by atoms with Crippen LogP contribution in [-0.2, 0) is 4.74 Å². The molecule has 0 aliphatic heterocycles. The summed E-state index contributed by atoms with van der Waals surface area (Å²) in [4.78, 5) is 11.5. The molecule has 0 unspecified atom stereocenters. The highest BCUT2D eigenvalue weighted by molar-refractivity contribution is 6.37. The van der Waals surface area contributed by atoms with Gasteiger partial charge in [0.25, 0.3) is 0 Å². The van der Waals surface area contributed by atoms with Gasteiger partial charge in [-0.3, -0.25) is 0 Å². The van der Waals surface area contributed by atoms with Crippen molar-refractivity contribution in [2.45, 2.75) is 0 Å². The smallest absolute Gasteiger partial charge is 0.339 e. The molecule has 0 bridgehead atoms. The van der Waals surface area contributed by atoms with Crippen LogP contribution in [0.4, 0.5) is 0 Å². The number of carbonyl (C=O) groups excluding carboxylic acids is 1. The summed E-state index contributed by atoms with van der Waals surface area (Å²) in [6, 6.07) is 4.79. The van der Waals surface area contributed by atoms with Gasteiger partial charge in [0.2, 0.25) is 0 Å². The summed E-state index contributed by atoms with van der Waals surface area (Å²) < 4.78 is 6.18. The summed E-state index contributed by atoms with van der Waals surface area (Å²) in [5.41, 5.74) is 0.825. The van der Waals surface area contributed by atoms with Crippen molar-refractivity contribution < 1.29 is 9.53 Å². The first-order valence-corrected chi connectivity index (χ1v) is 5.46. The van der Waals surface area contributed by atoms with Crippen molar-refractivity contribution in [1.29, 1.82) is 0 Å². The Hall–Kier alpha value is -1.52. The molecule has 0 saturated heterocycles. The minimum absolute atomic E-state index is 0.248. The fraction of sp³-hybridized carbons (Fsp3) is 0.0909. The van der Waals surface area contributed by atoms with Crippen molar-refractivity contribution in [1.82, 2.24) is 9.78 Å². The maximum atomic E-state index is 11.5. The zero-order valence-corrected chi connectivity index (χ0v) is 10.4. The van der Waals surface area contributed by atoms with E-state index in [9.17, 15) is 4.79 Å². The number of halogens is 2. The summed E-state index contributed by atoms with van der Waals surface area (Å²) >= 11 is 12.0. The third kappa shape index (κ3) is 2.28. The monoisotopic (exact) mass is 270 g/mol. The molecule has 2 rings (SSSR count). The number of carbonyl (C=O) groups is 1.